The summed E-state index contributed by atoms with van der Waals surface area (Å²) >= 11 is 4.53. The molecule has 0 aromatic carbocycles. The molecule has 2 aliphatic heterocycles. The van der Waals surface area contributed by atoms with Crippen molar-refractivity contribution in [3.05, 3.63) is 69.3 Å². The van der Waals surface area contributed by atoms with Gasteiger partial charge in [0.1, 0.15) is 0 Å². The van der Waals surface area contributed by atoms with Gasteiger partial charge in [0.15, 0.2) is 0 Å². The lowest BCUT2D eigenvalue weighted by Crippen LogP contribution is -1.98. The normalized spacial score (nSPS) is 13.3. The van der Waals surface area contributed by atoms with Gasteiger partial charge < -0.3 is 20.2 Å². The van der Waals surface area contributed by atoms with Crippen molar-refractivity contribution < 1.29 is 19.8 Å². The first kappa shape index (κ1) is 30.4. The van der Waals surface area contributed by atoms with Crippen molar-refractivity contribution in [2.75, 3.05) is 5.75 Å². The van der Waals surface area contributed by atoms with Gasteiger partial charge in [-0.1, -0.05) is 6.92 Å². The fraction of sp³-hybridized carbons (Fsp3) is 0.353. The number of nitrogens with one attached hydrogen (secondary N) is 2. The van der Waals surface area contributed by atoms with Crippen molar-refractivity contribution in [1.29, 1.82) is 0 Å². The molecule has 5 rings (SSSR count). The van der Waals surface area contributed by atoms with Crippen LogP contribution in [0.25, 0.3) is 44.4 Å². The van der Waals surface area contributed by atoms with Crippen molar-refractivity contribution in [2.45, 2.75) is 73.1 Å². The molecular weight excluding hydrogens is 560 g/mol. The topological polar surface area (TPSA) is 132 Å². The minimum atomic E-state index is -0.869. The predicted molar refractivity (Wildman–Crippen MR) is 176 cm³/mol. The third kappa shape index (κ3) is 5.91. The maximum absolute atomic E-state index is 11.6. The SMILES string of the molecule is CCc1c(C)c2cc3nc(cc4[nH]c(cc5nc(cc1[nH]2)C(C)=C5CCS)c(C)c4CCC(=O)O)C(CCC(=O)O)=C3C. The first-order chi connectivity index (χ1) is 20.5. The number of carboxylic acid groups (broad SMARTS) is 2. The molecule has 0 spiro atoms. The molecule has 3 aromatic heterocycles. The number of allylic oxidation sites excluding steroid dienone is 4. The second-order valence-corrected chi connectivity index (χ2v) is 11.7. The molecule has 0 unspecified atom stereocenters. The number of hydrogen-bond donors (Lipinski definition) is 5. The molecule has 9 heteroatoms. The molecule has 0 amide bonds. The van der Waals surface area contributed by atoms with E-state index in [-0.39, 0.29) is 12.8 Å². The highest BCUT2D eigenvalue weighted by atomic mass is 32.1. The van der Waals surface area contributed by atoms with Gasteiger partial charge in [-0.05, 0) is 128 Å². The highest BCUT2D eigenvalue weighted by molar-refractivity contribution is 7.80. The zero-order valence-electron chi connectivity index (χ0n) is 25.3. The predicted octanol–water partition coefficient (Wildman–Crippen LogP) is 7.56. The lowest BCUT2D eigenvalue weighted by atomic mass is 10.00. The molecular formula is C34H38N4O4S. The van der Waals surface area contributed by atoms with E-state index < -0.39 is 11.9 Å². The summed E-state index contributed by atoms with van der Waals surface area (Å²) < 4.78 is 0. The number of rotatable bonds is 9. The molecule has 5 heterocycles. The number of aromatic nitrogens is 4. The van der Waals surface area contributed by atoms with Gasteiger partial charge in [0, 0.05) is 34.9 Å². The van der Waals surface area contributed by atoms with E-state index >= 15 is 0 Å². The van der Waals surface area contributed by atoms with Crippen molar-refractivity contribution in [2.24, 2.45) is 0 Å². The largest absolute Gasteiger partial charge is 0.481 e. The van der Waals surface area contributed by atoms with Crippen LogP contribution in [-0.4, -0.2) is 47.8 Å². The van der Waals surface area contributed by atoms with E-state index in [2.05, 4.69) is 49.4 Å². The number of nitrogens with zero attached hydrogens (tertiary/aromatic N) is 2. The summed E-state index contributed by atoms with van der Waals surface area (Å²) in [5.41, 5.74) is 15.1. The molecule has 0 fully saturated rings. The van der Waals surface area contributed by atoms with Gasteiger partial charge in [-0.3, -0.25) is 9.59 Å². The Kier molecular flexibility index (Phi) is 8.64. The Hall–Kier alpha value is -4.11. The number of H-pyrrole nitrogens is 2. The molecule has 0 saturated carbocycles. The van der Waals surface area contributed by atoms with Gasteiger partial charge in [0.2, 0.25) is 0 Å². The van der Waals surface area contributed by atoms with Crippen LogP contribution in [0.4, 0.5) is 0 Å². The average Bonchev–Trinajstić information content (AvgIpc) is 3.61. The molecule has 0 radical (unpaired) electrons. The summed E-state index contributed by atoms with van der Waals surface area (Å²) in [5.74, 6) is -1.05. The Morgan fingerprint density at radius 2 is 1.12 bits per heavy atom. The molecule has 8 nitrogen and oxygen atoms in total. The van der Waals surface area contributed by atoms with E-state index in [1.165, 1.54) is 5.56 Å². The quantitative estimate of drug-likeness (QED) is 0.162. The van der Waals surface area contributed by atoms with Crippen LogP contribution in [-0.2, 0) is 22.4 Å². The smallest absolute Gasteiger partial charge is 0.303 e. The van der Waals surface area contributed by atoms with Crippen LogP contribution in [0.2, 0.25) is 0 Å². The number of carbonyl (C=O) groups is 2. The van der Waals surface area contributed by atoms with Gasteiger partial charge in [-0.2, -0.15) is 12.6 Å². The summed E-state index contributed by atoms with van der Waals surface area (Å²) in [6.45, 7) is 10.3. The van der Waals surface area contributed by atoms with Crippen LogP contribution in [0.1, 0.15) is 91.5 Å². The zero-order chi connectivity index (χ0) is 31.0. The number of aromatic amines is 2. The first-order valence-electron chi connectivity index (χ1n) is 14.7. The zero-order valence-corrected chi connectivity index (χ0v) is 26.2. The third-order valence-corrected chi connectivity index (χ3v) is 8.92. The molecule has 4 N–H and O–H groups in total. The Balaban J connectivity index is 1.92. The molecule has 43 heavy (non-hydrogen) atoms. The summed E-state index contributed by atoms with van der Waals surface area (Å²) in [6.07, 6.45) is 2.28. The minimum Gasteiger partial charge on any atom is -0.481 e. The van der Waals surface area contributed by atoms with E-state index in [9.17, 15) is 19.8 Å². The number of carboxylic acids is 2. The van der Waals surface area contributed by atoms with Crippen molar-refractivity contribution in [3.8, 4) is 0 Å². The van der Waals surface area contributed by atoms with Crippen LogP contribution in [0.5, 0.6) is 0 Å². The van der Waals surface area contributed by atoms with Crippen molar-refractivity contribution in [3.63, 3.8) is 0 Å². The minimum absolute atomic E-state index is 0.0109. The molecule has 2 aliphatic rings. The third-order valence-electron chi connectivity index (χ3n) is 8.69. The number of hydrogen-bond acceptors (Lipinski definition) is 5. The van der Waals surface area contributed by atoms with E-state index in [0.717, 1.165) is 91.0 Å². The second kappa shape index (κ2) is 12.2. The fourth-order valence-corrected chi connectivity index (χ4v) is 6.42. The molecule has 0 atom stereocenters. The number of fused-ring (bicyclic) bond motifs is 8. The number of aliphatic carboxylic acids is 2. The molecule has 0 saturated heterocycles. The molecule has 224 valence electrons. The maximum atomic E-state index is 11.6. The molecule has 0 aliphatic carbocycles. The Morgan fingerprint density at radius 1 is 0.674 bits per heavy atom. The summed E-state index contributed by atoms with van der Waals surface area (Å²) in [6, 6.07) is 8.16. The van der Waals surface area contributed by atoms with Gasteiger partial charge in [-0.25, -0.2) is 9.97 Å². The van der Waals surface area contributed by atoms with Gasteiger partial charge >= 0.3 is 11.9 Å². The van der Waals surface area contributed by atoms with Gasteiger partial charge in [0.05, 0.1) is 22.8 Å². The van der Waals surface area contributed by atoms with Crippen molar-refractivity contribution >= 4 is 68.9 Å². The fourth-order valence-electron chi connectivity index (χ4n) is 6.20. The summed E-state index contributed by atoms with van der Waals surface area (Å²) in [4.78, 5) is 40.4. The standard InChI is InChI=1S/C34H38N4O4S/c1-6-21-17(2)25-13-26-18(3)22(7-9-33(39)40)31(36-26)16-32-23(8-10-34(41)42)19(4)28(38-32)15-30-24(11-12-43)20(5)27(37-30)14-29(21)35-25/h13-16,35,38,43H,6-12H2,1-5H3,(H,39,40)(H,41,42). The summed E-state index contributed by atoms with van der Waals surface area (Å²) in [7, 11) is 0. The summed E-state index contributed by atoms with van der Waals surface area (Å²) in [5, 5.41) is 19.0. The van der Waals surface area contributed by atoms with Crippen molar-refractivity contribution in [1.82, 2.24) is 19.9 Å². The maximum Gasteiger partial charge on any atom is 0.303 e. The van der Waals surface area contributed by atoms with E-state index in [4.69, 9.17) is 9.97 Å². The lowest BCUT2D eigenvalue weighted by Gasteiger charge is -2.03. The molecule has 8 bridgehead atoms. The average molecular weight is 599 g/mol. The number of aryl methyl sites for hydroxylation is 4. The van der Waals surface area contributed by atoms with Crippen LogP contribution < -0.4 is 0 Å². The van der Waals surface area contributed by atoms with Crippen LogP contribution in [0, 0.1) is 13.8 Å². The lowest BCUT2D eigenvalue weighted by molar-refractivity contribution is -0.137. The first-order valence-corrected chi connectivity index (χ1v) is 15.3. The van der Waals surface area contributed by atoms with E-state index in [1.807, 2.05) is 32.0 Å². The van der Waals surface area contributed by atoms with Crippen LogP contribution in [0.15, 0.2) is 24.3 Å². The van der Waals surface area contributed by atoms with E-state index in [0.29, 0.717) is 24.3 Å². The van der Waals surface area contributed by atoms with Gasteiger partial charge in [-0.15, -0.1) is 0 Å². The highest BCUT2D eigenvalue weighted by Crippen LogP contribution is 2.37. The second-order valence-electron chi connectivity index (χ2n) is 11.3. The monoisotopic (exact) mass is 598 g/mol. The highest BCUT2D eigenvalue weighted by Gasteiger charge is 2.21. The Morgan fingerprint density at radius 3 is 1.65 bits per heavy atom. The molecule has 3 aromatic rings. The van der Waals surface area contributed by atoms with E-state index in [1.54, 1.807) is 0 Å². The van der Waals surface area contributed by atoms with Crippen LogP contribution in [0.3, 0.4) is 0 Å². The Labute approximate surface area is 256 Å². The van der Waals surface area contributed by atoms with Crippen LogP contribution >= 0.6 is 12.6 Å². The van der Waals surface area contributed by atoms with Gasteiger partial charge in [0.25, 0.3) is 0 Å². The number of thiol groups is 1. The Bertz CT molecular complexity index is 1880.